The zero-order valence-corrected chi connectivity index (χ0v) is 11.8. The zero-order valence-electron chi connectivity index (χ0n) is 11.0. The molecular weight excluding hydrogens is 261 g/mol. The van der Waals surface area contributed by atoms with Gasteiger partial charge in [0.05, 0.1) is 5.25 Å². The SMILES string of the molecule is CC(C)(C)OC(=O)N1CCCC(S(=O)(=O)F)CC1. The summed E-state index contributed by atoms with van der Waals surface area (Å²) in [7, 11) is -4.51. The van der Waals surface area contributed by atoms with Crippen LogP contribution in [0.15, 0.2) is 0 Å². The fourth-order valence-corrected chi connectivity index (χ4v) is 2.69. The number of hydrogen-bond acceptors (Lipinski definition) is 4. The Kier molecular flexibility index (Phi) is 4.58. The van der Waals surface area contributed by atoms with Gasteiger partial charge in [-0.15, -0.1) is 3.89 Å². The van der Waals surface area contributed by atoms with Gasteiger partial charge in [0, 0.05) is 13.1 Å². The average Bonchev–Trinajstić information content (AvgIpc) is 2.38. The van der Waals surface area contributed by atoms with Crippen molar-refractivity contribution in [3.63, 3.8) is 0 Å². The molecule has 1 amide bonds. The van der Waals surface area contributed by atoms with Gasteiger partial charge in [0.15, 0.2) is 0 Å². The van der Waals surface area contributed by atoms with Gasteiger partial charge in [-0.1, -0.05) is 0 Å². The maximum absolute atomic E-state index is 12.9. The Bertz CT molecular complexity index is 402. The molecule has 1 rings (SSSR count). The van der Waals surface area contributed by atoms with E-state index in [1.165, 1.54) is 4.90 Å². The van der Waals surface area contributed by atoms with Crippen LogP contribution in [0.1, 0.15) is 40.0 Å². The van der Waals surface area contributed by atoms with Crippen LogP contribution in [0, 0.1) is 0 Å². The van der Waals surface area contributed by atoms with Gasteiger partial charge < -0.3 is 9.64 Å². The Balaban J connectivity index is 2.60. The highest BCUT2D eigenvalue weighted by Crippen LogP contribution is 2.20. The summed E-state index contributed by atoms with van der Waals surface area (Å²) < 4.78 is 39.8. The molecule has 1 aliphatic heterocycles. The summed E-state index contributed by atoms with van der Waals surface area (Å²) >= 11 is 0. The topological polar surface area (TPSA) is 63.7 Å². The molecule has 106 valence electrons. The van der Waals surface area contributed by atoms with E-state index in [1.807, 2.05) is 0 Å². The first kappa shape index (κ1) is 15.2. The fourth-order valence-electron chi connectivity index (χ4n) is 1.86. The molecule has 7 heteroatoms. The Hall–Kier alpha value is -0.850. The van der Waals surface area contributed by atoms with Crippen molar-refractivity contribution in [1.29, 1.82) is 0 Å². The molecule has 1 heterocycles. The van der Waals surface area contributed by atoms with Crippen molar-refractivity contribution >= 4 is 16.3 Å². The molecule has 1 aliphatic rings. The van der Waals surface area contributed by atoms with E-state index in [1.54, 1.807) is 20.8 Å². The monoisotopic (exact) mass is 281 g/mol. The molecule has 0 spiro atoms. The number of halogens is 1. The quantitative estimate of drug-likeness (QED) is 0.690. The zero-order chi connectivity index (χ0) is 14.0. The van der Waals surface area contributed by atoms with Crippen LogP contribution in [0.5, 0.6) is 0 Å². The third-order valence-electron chi connectivity index (χ3n) is 2.72. The maximum atomic E-state index is 12.9. The summed E-state index contributed by atoms with van der Waals surface area (Å²) in [6.07, 6.45) is 0.364. The van der Waals surface area contributed by atoms with Gasteiger partial charge in [0.25, 0.3) is 0 Å². The molecular formula is C11H20FNO4S. The maximum Gasteiger partial charge on any atom is 0.410 e. The van der Waals surface area contributed by atoms with Gasteiger partial charge in [-0.05, 0) is 40.0 Å². The first-order valence-electron chi connectivity index (χ1n) is 6.01. The van der Waals surface area contributed by atoms with Gasteiger partial charge in [-0.3, -0.25) is 0 Å². The fraction of sp³-hybridized carbons (Fsp3) is 0.909. The van der Waals surface area contributed by atoms with Gasteiger partial charge in [-0.25, -0.2) is 4.79 Å². The second-order valence-electron chi connectivity index (χ2n) is 5.50. The predicted molar refractivity (Wildman–Crippen MR) is 65.5 cm³/mol. The summed E-state index contributed by atoms with van der Waals surface area (Å²) in [4.78, 5) is 13.2. The van der Waals surface area contributed by atoms with Gasteiger partial charge in [0.2, 0.25) is 0 Å². The summed E-state index contributed by atoms with van der Waals surface area (Å²) in [5.74, 6) is 0. The van der Waals surface area contributed by atoms with E-state index in [0.29, 0.717) is 13.0 Å². The van der Waals surface area contributed by atoms with Crippen LogP contribution in [0.3, 0.4) is 0 Å². The Labute approximate surface area is 108 Å². The van der Waals surface area contributed by atoms with Crippen LogP contribution in [0.4, 0.5) is 8.68 Å². The normalized spacial score (nSPS) is 22.4. The molecule has 0 N–H and O–H groups in total. The van der Waals surface area contributed by atoms with Crippen molar-refractivity contribution in [2.75, 3.05) is 13.1 Å². The Morgan fingerprint density at radius 3 is 2.39 bits per heavy atom. The predicted octanol–water partition coefficient (Wildman–Crippen LogP) is 2.08. The largest absolute Gasteiger partial charge is 0.444 e. The lowest BCUT2D eigenvalue weighted by molar-refractivity contribution is 0.0257. The molecule has 1 fully saturated rings. The van der Waals surface area contributed by atoms with Crippen LogP contribution in [0.25, 0.3) is 0 Å². The molecule has 0 bridgehead atoms. The molecule has 18 heavy (non-hydrogen) atoms. The van der Waals surface area contributed by atoms with Crippen molar-refractivity contribution in [2.45, 2.75) is 50.9 Å². The number of hydrogen-bond donors (Lipinski definition) is 0. The van der Waals surface area contributed by atoms with E-state index < -0.39 is 27.2 Å². The highest BCUT2D eigenvalue weighted by Gasteiger charge is 2.30. The van der Waals surface area contributed by atoms with E-state index in [9.17, 15) is 17.1 Å². The second kappa shape index (κ2) is 5.42. The lowest BCUT2D eigenvalue weighted by Gasteiger charge is -2.26. The molecule has 0 aliphatic carbocycles. The third kappa shape index (κ3) is 4.80. The van der Waals surface area contributed by atoms with E-state index in [0.717, 1.165) is 0 Å². The van der Waals surface area contributed by atoms with Crippen LogP contribution in [-0.4, -0.2) is 43.4 Å². The summed E-state index contributed by atoms with van der Waals surface area (Å²) in [5, 5.41) is -0.995. The first-order valence-corrected chi connectivity index (χ1v) is 7.45. The number of rotatable bonds is 1. The van der Waals surface area contributed by atoms with Crippen LogP contribution in [0.2, 0.25) is 0 Å². The number of carbonyl (C=O) groups excluding carboxylic acids is 1. The standard InChI is InChI=1S/C11H20FNO4S/c1-11(2,3)17-10(14)13-7-4-5-9(6-8-13)18(12,15)16/h9H,4-8H2,1-3H3. The molecule has 0 aromatic rings. The van der Waals surface area contributed by atoms with Gasteiger partial charge in [0.1, 0.15) is 5.60 Å². The molecule has 1 saturated heterocycles. The van der Waals surface area contributed by atoms with Crippen molar-refractivity contribution in [1.82, 2.24) is 4.90 Å². The van der Waals surface area contributed by atoms with E-state index >= 15 is 0 Å². The smallest absolute Gasteiger partial charge is 0.410 e. The average molecular weight is 281 g/mol. The molecule has 5 nitrogen and oxygen atoms in total. The lowest BCUT2D eigenvalue weighted by atomic mass is 10.2. The number of amides is 1. The Morgan fingerprint density at radius 1 is 1.28 bits per heavy atom. The third-order valence-corrected chi connectivity index (χ3v) is 3.99. The summed E-state index contributed by atoms with van der Waals surface area (Å²) in [6.45, 7) is 5.90. The van der Waals surface area contributed by atoms with E-state index in [4.69, 9.17) is 4.74 Å². The molecule has 0 aromatic heterocycles. The number of nitrogens with zero attached hydrogens (tertiary/aromatic N) is 1. The first-order chi connectivity index (χ1) is 8.09. The molecule has 0 radical (unpaired) electrons. The van der Waals surface area contributed by atoms with E-state index in [-0.39, 0.29) is 19.4 Å². The molecule has 1 atom stereocenters. The van der Waals surface area contributed by atoms with Crippen molar-refractivity contribution in [2.24, 2.45) is 0 Å². The van der Waals surface area contributed by atoms with Crippen LogP contribution >= 0.6 is 0 Å². The van der Waals surface area contributed by atoms with Crippen LogP contribution in [-0.2, 0) is 15.0 Å². The van der Waals surface area contributed by atoms with Gasteiger partial charge in [-0.2, -0.15) is 8.42 Å². The van der Waals surface area contributed by atoms with Crippen molar-refractivity contribution in [3.05, 3.63) is 0 Å². The number of ether oxygens (including phenoxy) is 1. The van der Waals surface area contributed by atoms with E-state index in [2.05, 4.69) is 0 Å². The minimum Gasteiger partial charge on any atom is -0.444 e. The highest BCUT2D eigenvalue weighted by molar-refractivity contribution is 7.87. The minimum absolute atomic E-state index is 0.123. The molecule has 0 saturated carbocycles. The van der Waals surface area contributed by atoms with Crippen LogP contribution < -0.4 is 0 Å². The number of carbonyl (C=O) groups is 1. The second-order valence-corrected chi connectivity index (χ2v) is 7.11. The summed E-state index contributed by atoms with van der Waals surface area (Å²) in [6, 6.07) is 0. The summed E-state index contributed by atoms with van der Waals surface area (Å²) in [5.41, 5.74) is -0.588. The molecule has 0 aromatic carbocycles. The van der Waals surface area contributed by atoms with Crippen molar-refractivity contribution in [3.8, 4) is 0 Å². The van der Waals surface area contributed by atoms with Crippen molar-refractivity contribution < 1.29 is 21.8 Å². The minimum atomic E-state index is -4.51. The highest BCUT2D eigenvalue weighted by atomic mass is 32.3. The van der Waals surface area contributed by atoms with Gasteiger partial charge >= 0.3 is 16.3 Å². The number of likely N-dealkylation sites (tertiary alicyclic amines) is 1. The molecule has 1 unspecified atom stereocenters. The Morgan fingerprint density at radius 2 is 1.89 bits per heavy atom. The lowest BCUT2D eigenvalue weighted by Crippen LogP contribution is -2.37.